The Balaban J connectivity index is 1.56. The third-order valence-corrected chi connectivity index (χ3v) is 5.47. The molecule has 2 aliphatic rings. The molecule has 2 saturated heterocycles. The second kappa shape index (κ2) is 8.69. The standard InChI is InChI=1S/C18H29N5O4/c1-3-15-20-14(21-27-15)11-19-17(25)23-8-4-6-18(13-23)7-5-16(24)22(12-18)9-10-26-2/h3-13H2,1-2H3,(H,19,25)/t18-/m1/s1. The van der Waals surface area contributed by atoms with E-state index in [-0.39, 0.29) is 23.9 Å². The molecule has 1 aromatic heterocycles. The third kappa shape index (κ3) is 4.77. The molecule has 9 heteroatoms. The summed E-state index contributed by atoms with van der Waals surface area (Å²) in [7, 11) is 1.64. The molecule has 27 heavy (non-hydrogen) atoms. The van der Waals surface area contributed by atoms with Crippen LogP contribution in [-0.2, 0) is 22.5 Å². The molecular formula is C18H29N5O4. The number of piperidine rings is 2. The van der Waals surface area contributed by atoms with Crippen molar-refractivity contribution in [2.75, 3.05) is 39.9 Å². The number of likely N-dealkylation sites (tertiary alicyclic amines) is 2. The maximum absolute atomic E-state index is 12.6. The van der Waals surface area contributed by atoms with Crippen molar-refractivity contribution < 1.29 is 18.8 Å². The van der Waals surface area contributed by atoms with Crippen molar-refractivity contribution in [2.24, 2.45) is 5.41 Å². The van der Waals surface area contributed by atoms with Gasteiger partial charge < -0.3 is 24.4 Å². The number of hydrogen-bond donors (Lipinski definition) is 1. The first kappa shape index (κ1) is 19.6. The number of aromatic nitrogens is 2. The van der Waals surface area contributed by atoms with E-state index in [1.807, 2.05) is 16.7 Å². The van der Waals surface area contributed by atoms with Crippen molar-refractivity contribution in [2.45, 2.75) is 45.6 Å². The fourth-order valence-electron chi connectivity index (χ4n) is 3.99. The van der Waals surface area contributed by atoms with Gasteiger partial charge in [-0.1, -0.05) is 12.1 Å². The van der Waals surface area contributed by atoms with Crippen molar-refractivity contribution in [1.82, 2.24) is 25.3 Å². The van der Waals surface area contributed by atoms with Gasteiger partial charge in [0, 0.05) is 51.5 Å². The van der Waals surface area contributed by atoms with E-state index in [1.165, 1.54) is 0 Å². The van der Waals surface area contributed by atoms with Crippen molar-refractivity contribution in [1.29, 1.82) is 0 Å². The fraction of sp³-hybridized carbons (Fsp3) is 0.778. The van der Waals surface area contributed by atoms with Gasteiger partial charge in [-0.15, -0.1) is 0 Å². The number of carbonyl (C=O) groups is 2. The minimum absolute atomic E-state index is 0.0151. The van der Waals surface area contributed by atoms with Crippen molar-refractivity contribution >= 4 is 11.9 Å². The van der Waals surface area contributed by atoms with E-state index < -0.39 is 0 Å². The molecule has 1 atom stereocenters. The van der Waals surface area contributed by atoms with Crippen molar-refractivity contribution in [3.05, 3.63) is 11.7 Å². The van der Waals surface area contributed by atoms with Crippen LogP contribution in [0.2, 0.25) is 0 Å². The van der Waals surface area contributed by atoms with Gasteiger partial charge in [-0.25, -0.2) is 4.79 Å². The molecule has 0 radical (unpaired) electrons. The zero-order valence-electron chi connectivity index (χ0n) is 16.2. The summed E-state index contributed by atoms with van der Waals surface area (Å²) in [6.07, 6.45) is 4.04. The van der Waals surface area contributed by atoms with Gasteiger partial charge in [-0.3, -0.25) is 4.79 Å². The summed E-state index contributed by atoms with van der Waals surface area (Å²) >= 11 is 0. The van der Waals surface area contributed by atoms with Gasteiger partial charge >= 0.3 is 6.03 Å². The lowest BCUT2D eigenvalue weighted by atomic mass is 9.73. The number of nitrogens with zero attached hydrogens (tertiary/aromatic N) is 4. The molecular weight excluding hydrogens is 350 g/mol. The van der Waals surface area contributed by atoms with Gasteiger partial charge in [0.25, 0.3) is 0 Å². The zero-order valence-corrected chi connectivity index (χ0v) is 16.2. The summed E-state index contributed by atoms with van der Waals surface area (Å²) in [5, 5.41) is 6.74. The number of rotatable bonds is 6. The molecule has 0 aliphatic carbocycles. The maximum atomic E-state index is 12.6. The number of nitrogens with one attached hydrogen (secondary N) is 1. The highest BCUT2D eigenvalue weighted by Gasteiger charge is 2.42. The van der Waals surface area contributed by atoms with E-state index in [0.29, 0.717) is 50.8 Å². The average molecular weight is 379 g/mol. The highest BCUT2D eigenvalue weighted by atomic mass is 16.5. The SMILES string of the molecule is CCc1nc(CNC(=O)N2CCC[C@]3(CCC(=O)N(CCOC)C3)C2)no1. The van der Waals surface area contributed by atoms with E-state index in [4.69, 9.17) is 9.26 Å². The molecule has 0 saturated carbocycles. The number of methoxy groups -OCH3 is 1. The molecule has 3 heterocycles. The van der Waals surface area contributed by atoms with Crippen LogP contribution in [0.1, 0.15) is 44.3 Å². The van der Waals surface area contributed by atoms with Crippen LogP contribution in [0.4, 0.5) is 4.79 Å². The Morgan fingerprint density at radius 1 is 1.37 bits per heavy atom. The van der Waals surface area contributed by atoms with Crippen LogP contribution in [0, 0.1) is 5.41 Å². The van der Waals surface area contributed by atoms with Gasteiger partial charge in [-0.2, -0.15) is 4.98 Å². The molecule has 0 bridgehead atoms. The second-order valence-corrected chi connectivity index (χ2v) is 7.45. The van der Waals surface area contributed by atoms with Crippen LogP contribution < -0.4 is 5.32 Å². The van der Waals surface area contributed by atoms with E-state index in [9.17, 15) is 9.59 Å². The summed E-state index contributed by atoms with van der Waals surface area (Å²) in [5.41, 5.74) is -0.0151. The predicted octanol–water partition coefficient (Wildman–Crippen LogP) is 1.19. The summed E-state index contributed by atoms with van der Waals surface area (Å²) < 4.78 is 10.2. The quantitative estimate of drug-likeness (QED) is 0.797. The van der Waals surface area contributed by atoms with Crippen LogP contribution in [0.25, 0.3) is 0 Å². The lowest BCUT2D eigenvalue weighted by Crippen LogP contribution is -2.56. The lowest BCUT2D eigenvalue weighted by Gasteiger charge is -2.48. The van der Waals surface area contributed by atoms with Gasteiger partial charge in [0.2, 0.25) is 11.8 Å². The van der Waals surface area contributed by atoms with Crippen LogP contribution in [-0.4, -0.2) is 71.8 Å². The van der Waals surface area contributed by atoms with Crippen LogP contribution in [0.15, 0.2) is 4.52 Å². The van der Waals surface area contributed by atoms with Crippen LogP contribution in [0.3, 0.4) is 0 Å². The molecule has 150 valence electrons. The maximum Gasteiger partial charge on any atom is 0.317 e. The summed E-state index contributed by atoms with van der Waals surface area (Å²) in [5.74, 6) is 1.24. The first-order valence-corrected chi connectivity index (χ1v) is 9.66. The topological polar surface area (TPSA) is 101 Å². The van der Waals surface area contributed by atoms with Crippen LogP contribution in [0.5, 0.6) is 0 Å². The first-order chi connectivity index (χ1) is 13.0. The van der Waals surface area contributed by atoms with E-state index in [1.54, 1.807) is 7.11 Å². The summed E-state index contributed by atoms with van der Waals surface area (Å²) in [4.78, 5) is 32.8. The molecule has 1 aromatic rings. The van der Waals surface area contributed by atoms with Crippen molar-refractivity contribution in [3.8, 4) is 0 Å². The Kier molecular flexibility index (Phi) is 6.30. The van der Waals surface area contributed by atoms with Gasteiger partial charge in [0.15, 0.2) is 5.82 Å². The number of aryl methyl sites for hydroxylation is 1. The van der Waals surface area contributed by atoms with Crippen molar-refractivity contribution in [3.63, 3.8) is 0 Å². The number of carbonyl (C=O) groups excluding carboxylic acids is 2. The highest BCUT2D eigenvalue weighted by molar-refractivity contribution is 5.77. The Bertz CT molecular complexity index is 664. The zero-order chi connectivity index (χ0) is 19.3. The average Bonchev–Trinajstić information content (AvgIpc) is 3.15. The first-order valence-electron chi connectivity index (χ1n) is 9.66. The van der Waals surface area contributed by atoms with E-state index in [0.717, 1.165) is 25.8 Å². The third-order valence-electron chi connectivity index (χ3n) is 5.47. The van der Waals surface area contributed by atoms with Crippen LogP contribution >= 0.6 is 0 Å². The number of urea groups is 1. The highest BCUT2D eigenvalue weighted by Crippen LogP contribution is 2.38. The van der Waals surface area contributed by atoms with Gasteiger partial charge in [0.05, 0.1) is 13.2 Å². The Morgan fingerprint density at radius 3 is 2.96 bits per heavy atom. The molecule has 1 N–H and O–H groups in total. The monoisotopic (exact) mass is 379 g/mol. The molecule has 9 nitrogen and oxygen atoms in total. The molecule has 0 aromatic carbocycles. The normalized spacial score (nSPS) is 23.1. The van der Waals surface area contributed by atoms with E-state index in [2.05, 4.69) is 15.5 Å². The largest absolute Gasteiger partial charge is 0.383 e. The number of hydrogen-bond acceptors (Lipinski definition) is 6. The van der Waals surface area contributed by atoms with Gasteiger partial charge in [-0.05, 0) is 19.3 Å². The molecule has 2 fully saturated rings. The summed E-state index contributed by atoms with van der Waals surface area (Å²) in [6, 6.07) is -0.114. The predicted molar refractivity (Wildman–Crippen MR) is 96.8 cm³/mol. The fourth-order valence-corrected chi connectivity index (χ4v) is 3.99. The smallest absolute Gasteiger partial charge is 0.317 e. The van der Waals surface area contributed by atoms with E-state index >= 15 is 0 Å². The lowest BCUT2D eigenvalue weighted by molar-refractivity contribution is -0.139. The second-order valence-electron chi connectivity index (χ2n) is 7.45. The number of amides is 3. The molecule has 1 spiro atoms. The van der Waals surface area contributed by atoms with Gasteiger partial charge in [0.1, 0.15) is 0 Å². The molecule has 0 unspecified atom stereocenters. The Labute approximate surface area is 159 Å². The molecule has 3 amide bonds. The minimum atomic E-state index is -0.114. The number of ether oxygens (including phenoxy) is 1. The molecule has 2 aliphatic heterocycles. The Hall–Kier alpha value is -2.16. The Morgan fingerprint density at radius 2 is 2.22 bits per heavy atom. The minimum Gasteiger partial charge on any atom is -0.383 e. The summed E-state index contributed by atoms with van der Waals surface area (Å²) in [6.45, 7) is 5.44. The molecule has 3 rings (SSSR count).